The van der Waals surface area contributed by atoms with Crippen molar-refractivity contribution in [1.82, 2.24) is 5.32 Å². The molecule has 12 heavy (non-hydrogen) atoms. The second kappa shape index (κ2) is 6.02. The van der Waals surface area contributed by atoms with Crippen molar-refractivity contribution >= 4 is 0 Å². The summed E-state index contributed by atoms with van der Waals surface area (Å²) in [4.78, 5) is 0. The minimum absolute atomic E-state index is 0.167. The molecule has 0 spiro atoms. The Morgan fingerprint density at radius 3 is 2.50 bits per heavy atom. The molecule has 0 fully saturated rings. The third-order valence-corrected chi connectivity index (χ3v) is 1.94. The van der Waals surface area contributed by atoms with Gasteiger partial charge in [0.05, 0.1) is 11.5 Å². The molecule has 0 saturated carbocycles. The Bertz CT molecular complexity index is 144. The van der Waals surface area contributed by atoms with Crippen molar-refractivity contribution in [3.05, 3.63) is 0 Å². The quantitative estimate of drug-likeness (QED) is 0.618. The standard InChI is InChI=1S/C10H20N2/c1-4-5-7-12-8-6-10(2,3)9-11/h12H,4-8H2,1-3H3. The molecule has 0 radical (unpaired) electrons. The number of unbranched alkanes of at least 4 members (excludes halogenated alkanes) is 1. The molecule has 0 aromatic rings. The van der Waals surface area contributed by atoms with Crippen LogP contribution in [0.15, 0.2) is 0 Å². The maximum Gasteiger partial charge on any atom is 0.0684 e. The van der Waals surface area contributed by atoms with Gasteiger partial charge in [0.15, 0.2) is 0 Å². The van der Waals surface area contributed by atoms with E-state index in [2.05, 4.69) is 18.3 Å². The Kier molecular flexibility index (Phi) is 5.74. The molecule has 0 amide bonds. The van der Waals surface area contributed by atoms with Crippen LogP contribution in [0.4, 0.5) is 0 Å². The summed E-state index contributed by atoms with van der Waals surface area (Å²) in [5.41, 5.74) is -0.167. The molecule has 2 nitrogen and oxygen atoms in total. The van der Waals surface area contributed by atoms with Gasteiger partial charge in [0.2, 0.25) is 0 Å². The van der Waals surface area contributed by atoms with Crippen molar-refractivity contribution in [2.24, 2.45) is 5.41 Å². The third kappa shape index (κ3) is 6.18. The Hall–Kier alpha value is -0.550. The molecule has 0 saturated heterocycles. The van der Waals surface area contributed by atoms with Gasteiger partial charge in [0.1, 0.15) is 0 Å². The first-order valence-corrected chi connectivity index (χ1v) is 4.74. The minimum Gasteiger partial charge on any atom is -0.317 e. The van der Waals surface area contributed by atoms with Crippen LogP contribution in [0, 0.1) is 16.7 Å². The maximum absolute atomic E-state index is 8.72. The Labute approximate surface area is 76.0 Å². The van der Waals surface area contributed by atoms with E-state index >= 15 is 0 Å². The average Bonchev–Trinajstić information content (AvgIpc) is 2.04. The molecule has 0 aliphatic carbocycles. The van der Waals surface area contributed by atoms with E-state index in [4.69, 9.17) is 5.26 Å². The van der Waals surface area contributed by atoms with Crippen LogP contribution in [-0.4, -0.2) is 13.1 Å². The largest absolute Gasteiger partial charge is 0.317 e. The number of hydrogen-bond donors (Lipinski definition) is 1. The number of rotatable bonds is 6. The molecule has 0 heterocycles. The van der Waals surface area contributed by atoms with Gasteiger partial charge in [-0.05, 0) is 39.8 Å². The zero-order valence-electron chi connectivity index (χ0n) is 8.48. The molecule has 0 unspecified atom stereocenters. The minimum atomic E-state index is -0.167. The summed E-state index contributed by atoms with van der Waals surface area (Å²) in [6, 6.07) is 2.29. The summed E-state index contributed by atoms with van der Waals surface area (Å²) in [6.07, 6.45) is 3.40. The lowest BCUT2D eigenvalue weighted by atomic mass is 9.91. The van der Waals surface area contributed by atoms with Crippen LogP contribution < -0.4 is 5.32 Å². The summed E-state index contributed by atoms with van der Waals surface area (Å²) in [5.74, 6) is 0. The Morgan fingerprint density at radius 1 is 1.33 bits per heavy atom. The number of nitrogens with zero attached hydrogens (tertiary/aromatic N) is 1. The van der Waals surface area contributed by atoms with Gasteiger partial charge in [-0.2, -0.15) is 5.26 Å². The molecule has 2 heteroatoms. The van der Waals surface area contributed by atoms with Crippen LogP contribution in [0.25, 0.3) is 0 Å². The Morgan fingerprint density at radius 2 is 2.00 bits per heavy atom. The summed E-state index contributed by atoms with van der Waals surface area (Å²) >= 11 is 0. The predicted octanol–water partition coefficient (Wildman–Crippen LogP) is 2.32. The summed E-state index contributed by atoms with van der Waals surface area (Å²) in [5, 5.41) is 12.0. The van der Waals surface area contributed by atoms with Crippen molar-refractivity contribution in [1.29, 1.82) is 5.26 Å². The van der Waals surface area contributed by atoms with Gasteiger partial charge in [-0.1, -0.05) is 13.3 Å². The number of nitriles is 1. The smallest absolute Gasteiger partial charge is 0.0684 e. The molecule has 0 aliphatic rings. The lowest BCUT2D eigenvalue weighted by Crippen LogP contribution is -2.22. The molecular weight excluding hydrogens is 148 g/mol. The monoisotopic (exact) mass is 168 g/mol. The highest BCUT2D eigenvalue weighted by atomic mass is 14.8. The van der Waals surface area contributed by atoms with E-state index in [1.54, 1.807) is 0 Å². The fourth-order valence-corrected chi connectivity index (χ4v) is 0.884. The first-order chi connectivity index (χ1) is 5.62. The van der Waals surface area contributed by atoms with Gasteiger partial charge in [-0.3, -0.25) is 0 Å². The molecule has 0 rings (SSSR count). The first-order valence-electron chi connectivity index (χ1n) is 4.74. The molecular formula is C10H20N2. The van der Waals surface area contributed by atoms with Gasteiger partial charge in [-0.25, -0.2) is 0 Å². The first kappa shape index (κ1) is 11.4. The van der Waals surface area contributed by atoms with Crippen molar-refractivity contribution in [2.45, 2.75) is 40.0 Å². The lowest BCUT2D eigenvalue weighted by Gasteiger charge is -2.14. The number of hydrogen-bond acceptors (Lipinski definition) is 2. The van der Waals surface area contributed by atoms with Gasteiger partial charge in [-0.15, -0.1) is 0 Å². The second-order valence-electron chi connectivity index (χ2n) is 3.85. The van der Waals surface area contributed by atoms with Crippen molar-refractivity contribution in [2.75, 3.05) is 13.1 Å². The van der Waals surface area contributed by atoms with Gasteiger partial charge >= 0.3 is 0 Å². The van der Waals surface area contributed by atoms with Crippen LogP contribution in [0.2, 0.25) is 0 Å². The predicted molar refractivity (Wildman–Crippen MR) is 51.8 cm³/mol. The van der Waals surface area contributed by atoms with Crippen molar-refractivity contribution < 1.29 is 0 Å². The number of nitrogens with one attached hydrogen (secondary N) is 1. The molecule has 0 aromatic heterocycles. The van der Waals surface area contributed by atoms with E-state index in [9.17, 15) is 0 Å². The molecule has 0 aromatic carbocycles. The van der Waals surface area contributed by atoms with E-state index in [1.807, 2.05) is 13.8 Å². The van der Waals surface area contributed by atoms with Crippen molar-refractivity contribution in [3.8, 4) is 6.07 Å². The highest BCUT2D eigenvalue weighted by molar-refractivity contribution is 4.91. The van der Waals surface area contributed by atoms with Crippen LogP contribution in [0.5, 0.6) is 0 Å². The van der Waals surface area contributed by atoms with E-state index in [1.165, 1.54) is 12.8 Å². The van der Waals surface area contributed by atoms with Crippen LogP contribution in [-0.2, 0) is 0 Å². The van der Waals surface area contributed by atoms with E-state index < -0.39 is 0 Å². The molecule has 1 N–H and O–H groups in total. The SMILES string of the molecule is CCCCNCCC(C)(C)C#N. The molecule has 0 bridgehead atoms. The van der Waals surface area contributed by atoms with E-state index in [0.29, 0.717) is 0 Å². The summed E-state index contributed by atoms with van der Waals surface area (Å²) in [6.45, 7) is 8.18. The van der Waals surface area contributed by atoms with E-state index in [-0.39, 0.29) is 5.41 Å². The van der Waals surface area contributed by atoms with Crippen LogP contribution in [0.1, 0.15) is 40.0 Å². The summed E-state index contributed by atoms with van der Waals surface area (Å²) < 4.78 is 0. The highest BCUT2D eigenvalue weighted by Gasteiger charge is 2.14. The molecule has 0 aliphatic heterocycles. The fraction of sp³-hybridized carbons (Fsp3) is 0.900. The Balaban J connectivity index is 3.27. The van der Waals surface area contributed by atoms with Gasteiger partial charge < -0.3 is 5.32 Å². The average molecular weight is 168 g/mol. The molecule has 0 atom stereocenters. The third-order valence-electron chi connectivity index (χ3n) is 1.94. The molecule has 70 valence electrons. The van der Waals surface area contributed by atoms with Crippen molar-refractivity contribution in [3.63, 3.8) is 0 Å². The normalized spacial score (nSPS) is 11.2. The second-order valence-corrected chi connectivity index (χ2v) is 3.85. The lowest BCUT2D eigenvalue weighted by molar-refractivity contribution is 0.431. The topological polar surface area (TPSA) is 35.8 Å². The van der Waals surface area contributed by atoms with Gasteiger partial charge in [0.25, 0.3) is 0 Å². The van der Waals surface area contributed by atoms with E-state index in [0.717, 1.165) is 19.5 Å². The zero-order chi connectivity index (χ0) is 9.45. The summed E-state index contributed by atoms with van der Waals surface area (Å²) in [7, 11) is 0. The van der Waals surface area contributed by atoms with Crippen LogP contribution >= 0.6 is 0 Å². The fourth-order valence-electron chi connectivity index (χ4n) is 0.884. The van der Waals surface area contributed by atoms with Crippen LogP contribution in [0.3, 0.4) is 0 Å². The highest BCUT2D eigenvalue weighted by Crippen LogP contribution is 2.16. The maximum atomic E-state index is 8.72. The van der Waals surface area contributed by atoms with Gasteiger partial charge in [0, 0.05) is 0 Å². The zero-order valence-corrected chi connectivity index (χ0v) is 8.48.